The number of para-hydroxylation sites is 1. The Morgan fingerprint density at radius 3 is 2.79 bits per heavy atom. The van der Waals surface area contributed by atoms with Crippen molar-refractivity contribution in [1.29, 1.82) is 0 Å². The predicted molar refractivity (Wildman–Crippen MR) is 77.3 cm³/mol. The lowest BCUT2D eigenvalue weighted by atomic mass is 9.90. The van der Waals surface area contributed by atoms with Crippen LogP contribution >= 0.6 is 0 Å². The van der Waals surface area contributed by atoms with E-state index in [-0.39, 0.29) is 6.04 Å². The number of hydrogen-bond acceptors (Lipinski definition) is 3. The molecule has 2 aliphatic rings. The van der Waals surface area contributed by atoms with Crippen LogP contribution in [0.1, 0.15) is 44.2 Å². The first kappa shape index (κ1) is 12.9. The van der Waals surface area contributed by atoms with Gasteiger partial charge in [0.1, 0.15) is 5.75 Å². The van der Waals surface area contributed by atoms with Crippen LogP contribution in [0.15, 0.2) is 24.3 Å². The Kier molecular flexibility index (Phi) is 3.76. The van der Waals surface area contributed by atoms with E-state index in [4.69, 9.17) is 10.5 Å². The van der Waals surface area contributed by atoms with E-state index in [2.05, 4.69) is 23.1 Å². The Morgan fingerprint density at radius 2 is 2.05 bits per heavy atom. The molecule has 0 radical (unpaired) electrons. The van der Waals surface area contributed by atoms with Gasteiger partial charge in [0.25, 0.3) is 0 Å². The molecule has 2 atom stereocenters. The molecule has 1 aromatic rings. The second-order valence-corrected chi connectivity index (χ2v) is 5.69. The normalized spacial score (nSPS) is 28.3. The topological polar surface area (TPSA) is 38.5 Å². The molecule has 0 spiro atoms. The average Bonchev–Trinajstić information content (AvgIpc) is 3.24. The molecule has 3 heteroatoms. The molecule has 19 heavy (non-hydrogen) atoms. The van der Waals surface area contributed by atoms with Crippen molar-refractivity contribution in [3.63, 3.8) is 0 Å². The number of nitrogens with two attached hydrogens (primary N) is 1. The maximum Gasteiger partial charge on any atom is 0.124 e. The van der Waals surface area contributed by atoms with Crippen LogP contribution in [0, 0.1) is 0 Å². The summed E-state index contributed by atoms with van der Waals surface area (Å²) < 4.78 is 5.80. The average molecular weight is 260 g/mol. The maximum atomic E-state index is 6.43. The van der Waals surface area contributed by atoms with Crippen molar-refractivity contribution in [3.8, 4) is 5.75 Å². The highest BCUT2D eigenvalue weighted by atomic mass is 16.5. The highest BCUT2D eigenvalue weighted by Gasteiger charge is 2.40. The molecule has 0 aromatic heterocycles. The number of ether oxygens (including phenoxy) is 1. The van der Waals surface area contributed by atoms with Crippen LogP contribution in [0.3, 0.4) is 0 Å². The van der Waals surface area contributed by atoms with Crippen LogP contribution in [-0.4, -0.2) is 30.1 Å². The summed E-state index contributed by atoms with van der Waals surface area (Å²) in [5, 5.41) is 0. The molecule has 3 nitrogen and oxygen atoms in total. The van der Waals surface area contributed by atoms with Crippen LogP contribution in [0.25, 0.3) is 0 Å². The fourth-order valence-electron chi connectivity index (χ4n) is 3.29. The summed E-state index contributed by atoms with van der Waals surface area (Å²) in [6, 6.07) is 9.74. The van der Waals surface area contributed by atoms with Crippen molar-refractivity contribution in [1.82, 2.24) is 4.90 Å². The van der Waals surface area contributed by atoms with Gasteiger partial charge in [-0.25, -0.2) is 0 Å². The van der Waals surface area contributed by atoms with Gasteiger partial charge < -0.3 is 10.5 Å². The fraction of sp³-hybridized carbons (Fsp3) is 0.625. The summed E-state index contributed by atoms with van der Waals surface area (Å²) in [4.78, 5) is 2.62. The zero-order chi connectivity index (χ0) is 13.2. The standard InChI is InChI=1S/C16H24N2O/c1-2-19-15-8-4-3-6-13(15)16-14(17)7-5-11-18(16)12-9-10-12/h3-4,6,8,12,14,16H,2,5,7,9-11,17H2,1H3. The first-order chi connectivity index (χ1) is 9.31. The molecule has 2 N–H and O–H groups in total. The van der Waals surface area contributed by atoms with Crippen LogP contribution in [0.2, 0.25) is 0 Å². The molecule has 1 saturated carbocycles. The van der Waals surface area contributed by atoms with Gasteiger partial charge in [-0.3, -0.25) is 4.90 Å². The van der Waals surface area contributed by atoms with E-state index in [1.165, 1.54) is 31.4 Å². The molecule has 1 aromatic carbocycles. The monoisotopic (exact) mass is 260 g/mol. The lowest BCUT2D eigenvalue weighted by Crippen LogP contribution is -2.46. The van der Waals surface area contributed by atoms with Gasteiger partial charge in [0.15, 0.2) is 0 Å². The highest BCUT2D eigenvalue weighted by Crippen LogP contribution is 2.41. The van der Waals surface area contributed by atoms with Gasteiger partial charge >= 0.3 is 0 Å². The summed E-state index contributed by atoms with van der Waals surface area (Å²) in [6.07, 6.45) is 5.01. The lowest BCUT2D eigenvalue weighted by molar-refractivity contribution is 0.117. The number of piperidine rings is 1. The van der Waals surface area contributed by atoms with Crippen molar-refractivity contribution >= 4 is 0 Å². The van der Waals surface area contributed by atoms with Gasteiger partial charge in [-0.15, -0.1) is 0 Å². The first-order valence-corrected chi connectivity index (χ1v) is 7.54. The van der Waals surface area contributed by atoms with E-state index in [1.54, 1.807) is 0 Å². The Hall–Kier alpha value is -1.06. The quantitative estimate of drug-likeness (QED) is 0.904. The zero-order valence-corrected chi connectivity index (χ0v) is 11.7. The Labute approximate surface area is 115 Å². The molecule has 2 unspecified atom stereocenters. The first-order valence-electron chi connectivity index (χ1n) is 7.54. The van der Waals surface area contributed by atoms with Crippen molar-refractivity contribution in [2.24, 2.45) is 5.73 Å². The molecule has 0 amide bonds. The predicted octanol–water partition coefficient (Wildman–Crippen LogP) is 2.71. The molecule has 1 aliphatic carbocycles. The van der Waals surface area contributed by atoms with Crippen molar-refractivity contribution < 1.29 is 4.74 Å². The van der Waals surface area contributed by atoms with Crippen molar-refractivity contribution in [3.05, 3.63) is 29.8 Å². The number of hydrogen-bond donors (Lipinski definition) is 1. The molecule has 1 heterocycles. The minimum Gasteiger partial charge on any atom is -0.494 e. The third-order valence-electron chi connectivity index (χ3n) is 4.27. The smallest absolute Gasteiger partial charge is 0.124 e. The van der Waals surface area contributed by atoms with Gasteiger partial charge in [0.2, 0.25) is 0 Å². The molecule has 104 valence electrons. The van der Waals surface area contributed by atoms with Crippen molar-refractivity contribution in [2.75, 3.05) is 13.2 Å². The third-order valence-corrected chi connectivity index (χ3v) is 4.27. The summed E-state index contributed by atoms with van der Waals surface area (Å²) in [5.41, 5.74) is 7.72. The molecule has 2 fully saturated rings. The van der Waals surface area contributed by atoms with E-state index >= 15 is 0 Å². The third kappa shape index (κ3) is 2.63. The van der Waals surface area contributed by atoms with Gasteiger partial charge in [0, 0.05) is 17.6 Å². The number of likely N-dealkylation sites (tertiary alicyclic amines) is 1. The summed E-state index contributed by atoms with van der Waals surface area (Å²) in [7, 11) is 0. The molecule has 1 aliphatic heterocycles. The van der Waals surface area contributed by atoms with E-state index in [0.29, 0.717) is 12.6 Å². The van der Waals surface area contributed by atoms with Gasteiger partial charge in [-0.05, 0) is 45.2 Å². The second-order valence-electron chi connectivity index (χ2n) is 5.69. The van der Waals surface area contributed by atoms with Crippen LogP contribution in [0.5, 0.6) is 5.75 Å². The summed E-state index contributed by atoms with van der Waals surface area (Å²) in [5.74, 6) is 1.01. The number of nitrogens with zero attached hydrogens (tertiary/aromatic N) is 1. The summed E-state index contributed by atoms with van der Waals surface area (Å²) in [6.45, 7) is 3.93. The number of rotatable bonds is 4. The van der Waals surface area contributed by atoms with Crippen LogP contribution in [0.4, 0.5) is 0 Å². The lowest BCUT2D eigenvalue weighted by Gasteiger charge is -2.40. The van der Waals surface area contributed by atoms with Gasteiger partial charge in [-0.2, -0.15) is 0 Å². The van der Waals surface area contributed by atoms with E-state index in [9.17, 15) is 0 Å². The fourth-order valence-corrected chi connectivity index (χ4v) is 3.29. The van der Waals surface area contributed by atoms with E-state index in [1.807, 2.05) is 13.0 Å². The zero-order valence-electron chi connectivity index (χ0n) is 11.7. The maximum absolute atomic E-state index is 6.43. The minimum atomic E-state index is 0.232. The molecule has 1 saturated heterocycles. The molecule has 0 bridgehead atoms. The van der Waals surface area contributed by atoms with Gasteiger partial charge in [-0.1, -0.05) is 18.2 Å². The Balaban J connectivity index is 1.92. The molecule has 3 rings (SSSR count). The van der Waals surface area contributed by atoms with Crippen LogP contribution < -0.4 is 10.5 Å². The SMILES string of the molecule is CCOc1ccccc1C1C(N)CCCN1C1CC1. The minimum absolute atomic E-state index is 0.232. The van der Waals surface area contributed by atoms with Crippen molar-refractivity contribution in [2.45, 2.75) is 50.7 Å². The number of benzene rings is 1. The second kappa shape index (κ2) is 5.51. The van der Waals surface area contributed by atoms with E-state index in [0.717, 1.165) is 18.2 Å². The molecular weight excluding hydrogens is 236 g/mol. The largest absolute Gasteiger partial charge is 0.494 e. The van der Waals surface area contributed by atoms with E-state index < -0.39 is 0 Å². The Morgan fingerprint density at radius 1 is 1.26 bits per heavy atom. The van der Waals surface area contributed by atoms with Gasteiger partial charge in [0.05, 0.1) is 12.6 Å². The van der Waals surface area contributed by atoms with Crippen LogP contribution in [-0.2, 0) is 0 Å². The Bertz CT molecular complexity index is 431. The highest BCUT2D eigenvalue weighted by molar-refractivity contribution is 5.37. The molecular formula is C16H24N2O. The summed E-state index contributed by atoms with van der Waals surface area (Å²) >= 11 is 0.